The van der Waals surface area contributed by atoms with Crippen molar-refractivity contribution in [3.8, 4) is 0 Å². The zero-order chi connectivity index (χ0) is 16.3. The molecule has 0 rings (SSSR count). The standard InChI is InChI=1S/C20H30O2/c1-2-3-4-5-6-7-8-9-10-11-12-13-14-15-16-17-18-19-20(21)22/h2-3,5-6,8-9,12-13,16-17H,4,7,10-11,14-15,18-19H2,1H3,(H,21,22)/b3-2+,6-5+,9-8+,13-12+,17-16+. The summed E-state index contributed by atoms with van der Waals surface area (Å²) in [5, 5.41) is 8.48. The van der Waals surface area contributed by atoms with Crippen LogP contribution >= 0.6 is 0 Å². The van der Waals surface area contributed by atoms with Gasteiger partial charge in [0.25, 0.3) is 0 Å². The number of unbranched alkanes of at least 4 members (excludes halogenated alkanes) is 2. The fraction of sp³-hybridized carbons (Fsp3) is 0.450. The molecule has 0 saturated carbocycles. The summed E-state index contributed by atoms with van der Waals surface area (Å²) in [7, 11) is 0. The molecule has 0 fully saturated rings. The summed E-state index contributed by atoms with van der Waals surface area (Å²) in [4.78, 5) is 10.3. The highest BCUT2D eigenvalue weighted by molar-refractivity contribution is 5.66. The Kier molecular flexibility index (Phi) is 15.8. The van der Waals surface area contributed by atoms with E-state index in [-0.39, 0.29) is 6.42 Å². The molecule has 0 aromatic rings. The highest BCUT2D eigenvalue weighted by Gasteiger charge is 1.90. The highest BCUT2D eigenvalue weighted by atomic mass is 16.4. The van der Waals surface area contributed by atoms with Crippen molar-refractivity contribution in [2.24, 2.45) is 0 Å². The summed E-state index contributed by atoms with van der Waals surface area (Å²) >= 11 is 0. The number of carboxylic acid groups (broad SMARTS) is 1. The molecular formula is C20H30O2. The van der Waals surface area contributed by atoms with Crippen LogP contribution in [0.25, 0.3) is 0 Å². The minimum absolute atomic E-state index is 0.225. The maximum absolute atomic E-state index is 10.3. The van der Waals surface area contributed by atoms with Crippen molar-refractivity contribution in [2.75, 3.05) is 0 Å². The van der Waals surface area contributed by atoms with Crippen LogP contribution in [0.5, 0.6) is 0 Å². The Morgan fingerprint density at radius 2 is 1.09 bits per heavy atom. The molecule has 0 aliphatic rings. The van der Waals surface area contributed by atoms with Gasteiger partial charge in [-0.1, -0.05) is 60.8 Å². The van der Waals surface area contributed by atoms with Crippen LogP contribution in [-0.4, -0.2) is 11.1 Å². The average Bonchev–Trinajstić information content (AvgIpc) is 2.50. The minimum atomic E-state index is -0.731. The van der Waals surface area contributed by atoms with Crippen LogP contribution in [0, 0.1) is 0 Å². The van der Waals surface area contributed by atoms with E-state index >= 15 is 0 Å². The Hall–Kier alpha value is -1.83. The lowest BCUT2D eigenvalue weighted by molar-refractivity contribution is -0.136. The largest absolute Gasteiger partial charge is 0.481 e. The third-order valence-corrected chi connectivity index (χ3v) is 2.97. The van der Waals surface area contributed by atoms with Gasteiger partial charge in [0.15, 0.2) is 0 Å². The van der Waals surface area contributed by atoms with Gasteiger partial charge in [-0.25, -0.2) is 0 Å². The topological polar surface area (TPSA) is 37.3 Å². The van der Waals surface area contributed by atoms with Gasteiger partial charge < -0.3 is 5.11 Å². The van der Waals surface area contributed by atoms with Gasteiger partial charge in [-0.05, 0) is 51.9 Å². The summed E-state index contributed by atoms with van der Waals surface area (Å²) < 4.78 is 0. The molecule has 0 heterocycles. The lowest BCUT2D eigenvalue weighted by Crippen LogP contribution is -1.91. The number of hydrogen-bond acceptors (Lipinski definition) is 1. The van der Waals surface area contributed by atoms with E-state index in [1.165, 1.54) is 0 Å². The van der Waals surface area contributed by atoms with E-state index in [9.17, 15) is 4.79 Å². The monoisotopic (exact) mass is 302 g/mol. The van der Waals surface area contributed by atoms with E-state index in [1.807, 2.05) is 13.0 Å². The van der Waals surface area contributed by atoms with Crippen molar-refractivity contribution < 1.29 is 9.90 Å². The summed E-state index contributed by atoms with van der Waals surface area (Å²) in [5.74, 6) is -0.731. The van der Waals surface area contributed by atoms with E-state index in [2.05, 4.69) is 54.7 Å². The number of carbonyl (C=O) groups is 1. The number of rotatable bonds is 13. The van der Waals surface area contributed by atoms with Crippen LogP contribution in [0.15, 0.2) is 60.8 Å². The first-order valence-electron chi connectivity index (χ1n) is 8.20. The summed E-state index contributed by atoms with van der Waals surface area (Å²) in [6.45, 7) is 2.04. The lowest BCUT2D eigenvalue weighted by atomic mass is 10.2. The summed E-state index contributed by atoms with van der Waals surface area (Å²) in [6.07, 6.45) is 28.6. The molecule has 0 aliphatic carbocycles. The molecule has 0 unspecified atom stereocenters. The first-order chi connectivity index (χ1) is 10.8. The van der Waals surface area contributed by atoms with Crippen LogP contribution in [0.3, 0.4) is 0 Å². The SMILES string of the molecule is C/C=C/C/C=C/C/C=C/CC/C=C/CC/C=C/CCC(=O)O. The molecule has 0 amide bonds. The lowest BCUT2D eigenvalue weighted by Gasteiger charge is -1.90. The van der Waals surface area contributed by atoms with Gasteiger partial charge in [0.05, 0.1) is 0 Å². The van der Waals surface area contributed by atoms with E-state index in [0.29, 0.717) is 6.42 Å². The Morgan fingerprint density at radius 1 is 0.682 bits per heavy atom. The Balaban J connectivity index is 3.40. The zero-order valence-electron chi connectivity index (χ0n) is 13.8. The van der Waals surface area contributed by atoms with E-state index in [0.717, 1.165) is 38.5 Å². The normalized spacial score (nSPS) is 12.8. The first-order valence-corrected chi connectivity index (χ1v) is 8.20. The van der Waals surface area contributed by atoms with Gasteiger partial charge in [-0.15, -0.1) is 0 Å². The minimum Gasteiger partial charge on any atom is -0.481 e. The van der Waals surface area contributed by atoms with Gasteiger partial charge >= 0.3 is 5.97 Å². The molecule has 1 N–H and O–H groups in total. The molecule has 0 aliphatic heterocycles. The summed E-state index contributed by atoms with van der Waals surface area (Å²) in [6, 6.07) is 0. The number of aliphatic carboxylic acids is 1. The van der Waals surface area contributed by atoms with Crippen molar-refractivity contribution in [1.29, 1.82) is 0 Å². The van der Waals surface area contributed by atoms with Gasteiger partial charge in [-0.2, -0.15) is 0 Å². The summed E-state index contributed by atoms with van der Waals surface area (Å²) in [5.41, 5.74) is 0. The fourth-order valence-electron chi connectivity index (χ4n) is 1.76. The third-order valence-electron chi connectivity index (χ3n) is 2.97. The Labute approximate surface area is 135 Å². The third kappa shape index (κ3) is 18.2. The molecule has 2 heteroatoms. The second-order valence-corrected chi connectivity index (χ2v) is 5.01. The average molecular weight is 302 g/mol. The second kappa shape index (κ2) is 17.2. The molecule has 2 nitrogen and oxygen atoms in total. The van der Waals surface area contributed by atoms with Gasteiger partial charge in [0.2, 0.25) is 0 Å². The maximum atomic E-state index is 10.3. The Morgan fingerprint density at radius 3 is 1.59 bits per heavy atom. The molecule has 0 aromatic carbocycles. The smallest absolute Gasteiger partial charge is 0.303 e. The highest BCUT2D eigenvalue weighted by Crippen LogP contribution is 2.00. The van der Waals surface area contributed by atoms with Crippen molar-refractivity contribution in [2.45, 2.75) is 58.3 Å². The van der Waals surface area contributed by atoms with Gasteiger partial charge in [0.1, 0.15) is 0 Å². The molecule has 0 radical (unpaired) electrons. The Bertz CT molecular complexity index is 398. The quantitative estimate of drug-likeness (QED) is 0.335. The van der Waals surface area contributed by atoms with E-state index in [1.54, 1.807) is 0 Å². The van der Waals surface area contributed by atoms with Crippen LogP contribution < -0.4 is 0 Å². The van der Waals surface area contributed by atoms with Crippen LogP contribution in [-0.2, 0) is 4.79 Å². The number of hydrogen-bond donors (Lipinski definition) is 1. The second-order valence-electron chi connectivity index (χ2n) is 5.01. The first kappa shape index (κ1) is 20.2. The maximum Gasteiger partial charge on any atom is 0.303 e. The number of allylic oxidation sites excluding steroid dienone is 10. The van der Waals surface area contributed by atoms with Crippen molar-refractivity contribution >= 4 is 5.97 Å². The molecule has 0 atom stereocenters. The van der Waals surface area contributed by atoms with Crippen molar-refractivity contribution in [3.05, 3.63) is 60.8 Å². The molecule has 22 heavy (non-hydrogen) atoms. The molecule has 122 valence electrons. The predicted octanol–water partition coefficient (Wildman–Crippen LogP) is 5.99. The van der Waals surface area contributed by atoms with E-state index < -0.39 is 5.97 Å². The van der Waals surface area contributed by atoms with Crippen molar-refractivity contribution in [1.82, 2.24) is 0 Å². The molecule has 0 aromatic heterocycles. The number of carboxylic acids is 1. The fourth-order valence-corrected chi connectivity index (χ4v) is 1.76. The van der Waals surface area contributed by atoms with Crippen LogP contribution in [0.4, 0.5) is 0 Å². The van der Waals surface area contributed by atoms with Crippen molar-refractivity contribution in [3.63, 3.8) is 0 Å². The van der Waals surface area contributed by atoms with Gasteiger partial charge in [0, 0.05) is 6.42 Å². The predicted molar refractivity (Wildman–Crippen MR) is 95.9 cm³/mol. The molecular weight excluding hydrogens is 272 g/mol. The van der Waals surface area contributed by atoms with E-state index in [4.69, 9.17) is 5.11 Å². The van der Waals surface area contributed by atoms with Crippen LogP contribution in [0.2, 0.25) is 0 Å². The molecule has 0 bridgehead atoms. The van der Waals surface area contributed by atoms with Crippen LogP contribution in [0.1, 0.15) is 58.3 Å². The molecule has 0 saturated heterocycles. The zero-order valence-corrected chi connectivity index (χ0v) is 13.8. The van der Waals surface area contributed by atoms with Gasteiger partial charge in [-0.3, -0.25) is 4.79 Å². The molecule has 0 spiro atoms.